The number of anilines is 1. The average Bonchev–Trinajstić information content (AvgIpc) is 2.70. The number of quaternary nitrogens is 1. The number of methoxy groups -OCH3 is 1. The van der Waals surface area contributed by atoms with Gasteiger partial charge in [0.05, 0.1) is 12.0 Å². The minimum atomic E-state index is -0.511. The van der Waals surface area contributed by atoms with Gasteiger partial charge in [0.1, 0.15) is 12.2 Å². The molecule has 2 aromatic rings. The van der Waals surface area contributed by atoms with Crippen molar-refractivity contribution in [2.45, 2.75) is 32.9 Å². The first kappa shape index (κ1) is 20.5. The van der Waals surface area contributed by atoms with E-state index in [9.17, 15) is 19.7 Å². The Morgan fingerprint density at radius 3 is 2.55 bits per heavy atom. The van der Waals surface area contributed by atoms with E-state index in [1.807, 2.05) is 31.2 Å². The number of nitro benzene ring substituents is 1. The van der Waals surface area contributed by atoms with Gasteiger partial charge in [-0.15, -0.1) is 0 Å². The minimum Gasteiger partial charge on any atom is -0.465 e. The molecule has 0 saturated carbocycles. The summed E-state index contributed by atoms with van der Waals surface area (Å²) in [5.41, 5.74) is 3.69. The van der Waals surface area contributed by atoms with Crippen LogP contribution in [0.5, 0.6) is 0 Å². The van der Waals surface area contributed by atoms with Crippen LogP contribution in [0, 0.1) is 24.0 Å². The number of benzene rings is 2. The van der Waals surface area contributed by atoms with E-state index in [-0.39, 0.29) is 29.8 Å². The normalized spacial score (nSPS) is 17.9. The number of nitrogens with one attached hydrogen (secondary N) is 2. The molecule has 1 aliphatic heterocycles. The number of hydrogen-bond donors (Lipinski definition) is 2. The first-order chi connectivity index (χ1) is 13.8. The molecule has 0 saturated heterocycles. The Labute approximate surface area is 168 Å². The maximum absolute atomic E-state index is 12.8. The third-order valence-electron chi connectivity index (χ3n) is 5.50. The topological polar surface area (TPSA) is 103 Å². The largest absolute Gasteiger partial charge is 0.465 e. The van der Waals surface area contributed by atoms with Gasteiger partial charge in [-0.1, -0.05) is 30.3 Å². The van der Waals surface area contributed by atoms with Gasteiger partial charge in [-0.2, -0.15) is 0 Å². The summed E-state index contributed by atoms with van der Waals surface area (Å²) >= 11 is 0. The monoisotopic (exact) mass is 398 g/mol. The fourth-order valence-corrected chi connectivity index (χ4v) is 3.74. The van der Waals surface area contributed by atoms with Gasteiger partial charge in [0.15, 0.2) is 12.6 Å². The van der Waals surface area contributed by atoms with Crippen molar-refractivity contribution >= 4 is 23.3 Å². The Kier molecular flexibility index (Phi) is 5.93. The molecule has 0 bridgehead atoms. The number of carbonyl (C=O) groups is 2. The second-order valence-corrected chi connectivity index (χ2v) is 7.27. The summed E-state index contributed by atoms with van der Waals surface area (Å²) < 4.78 is 4.94. The minimum absolute atomic E-state index is 0.00135. The number of rotatable bonds is 5. The fraction of sp³-hybridized carbons (Fsp3) is 0.333. The summed E-state index contributed by atoms with van der Waals surface area (Å²) in [5.74, 6) is -0.759. The molecule has 29 heavy (non-hydrogen) atoms. The number of carbonyl (C=O) groups excluding carboxylic acids is 2. The molecular weight excluding hydrogens is 374 g/mol. The van der Waals surface area contributed by atoms with Gasteiger partial charge < -0.3 is 15.0 Å². The lowest BCUT2D eigenvalue weighted by molar-refractivity contribution is -0.924. The Morgan fingerprint density at radius 2 is 1.90 bits per heavy atom. The highest BCUT2D eigenvalue weighted by Gasteiger charge is 2.37. The van der Waals surface area contributed by atoms with Crippen molar-refractivity contribution in [2.24, 2.45) is 0 Å². The number of amides is 1. The van der Waals surface area contributed by atoms with Crippen LogP contribution in [0.1, 0.15) is 22.3 Å². The van der Waals surface area contributed by atoms with Gasteiger partial charge in [0, 0.05) is 18.1 Å². The van der Waals surface area contributed by atoms with Crippen molar-refractivity contribution in [1.82, 2.24) is 0 Å². The van der Waals surface area contributed by atoms with Gasteiger partial charge in [0.25, 0.3) is 11.6 Å². The molecule has 0 aromatic heterocycles. The highest BCUT2D eigenvalue weighted by Crippen LogP contribution is 2.30. The molecule has 0 aliphatic carbocycles. The summed E-state index contributed by atoms with van der Waals surface area (Å²) in [6, 6.07) is 10.3. The van der Waals surface area contributed by atoms with Crippen molar-refractivity contribution in [3.05, 3.63) is 68.8 Å². The Morgan fingerprint density at radius 1 is 1.21 bits per heavy atom. The maximum Gasteiger partial charge on any atom is 0.365 e. The van der Waals surface area contributed by atoms with Crippen LogP contribution in [-0.4, -0.2) is 36.5 Å². The summed E-state index contributed by atoms with van der Waals surface area (Å²) in [4.78, 5) is 36.7. The van der Waals surface area contributed by atoms with Crippen LogP contribution in [0.4, 0.5) is 11.4 Å². The molecule has 1 unspecified atom stereocenters. The zero-order chi connectivity index (χ0) is 21.1. The van der Waals surface area contributed by atoms with E-state index in [0.29, 0.717) is 18.5 Å². The molecule has 1 heterocycles. The quantitative estimate of drug-likeness (QED) is 0.449. The molecule has 8 heteroatoms. The number of aryl methyl sites for hydroxylation is 1. The average molecular weight is 398 g/mol. The first-order valence-electron chi connectivity index (χ1n) is 9.35. The molecule has 152 valence electrons. The van der Waals surface area contributed by atoms with Gasteiger partial charge >= 0.3 is 5.97 Å². The molecule has 1 aliphatic rings. The van der Waals surface area contributed by atoms with Gasteiger partial charge in [-0.25, -0.2) is 4.79 Å². The van der Waals surface area contributed by atoms with Gasteiger partial charge in [-0.3, -0.25) is 14.9 Å². The third kappa shape index (κ3) is 4.27. The Balaban J connectivity index is 1.83. The van der Waals surface area contributed by atoms with Crippen LogP contribution in [0.2, 0.25) is 0 Å². The van der Waals surface area contributed by atoms with Crippen molar-refractivity contribution in [1.29, 1.82) is 0 Å². The lowest BCUT2D eigenvalue weighted by Gasteiger charge is -2.31. The molecule has 0 fully saturated rings. The summed E-state index contributed by atoms with van der Waals surface area (Å²) in [5, 5.41) is 14.1. The molecule has 2 N–H and O–H groups in total. The number of fused-ring (bicyclic) bond motifs is 1. The van der Waals surface area contributed by atoms with Crippen LogP contribution < -0.4 is 10.2 Å². The van der Waals surface area contributed by atoms with Crippen molar-refractivity contribution in [3.8, 4) is 0 Å². The predicted molar refractivity (Wildman–Crippen MR) is 107 cm³/mol. The van der Waals surface area contributed by atoms with E-state index in [2.05, 4.69) is 5.32 Å². The van der Waals surface area contributed by atoms with Crippen molar-refractivity contribution < 1.29 is 24.1 Å². The first-order valence-corrected chi connectivity index (χ1v) is 9.35. The standard InChI is InChI=1S/C21H23N3O5/c1-13-8-9-17(24(27)28)20(14(13)2)22-19(25)12-23-11-16-7-5-4-6-15(16)10-18(23)21(26)29-3/h4-9,18H,10-12H2,1-3H3,(H,22,25)/p+1/t18-/m1/s1. The Bertz CT molecular complexity index is 973. The SMILES string of the molecule is COC(=O)[C@H]1Cc2ccccc2C[NH+]1CC(=O)Nc1c([N+](=O)[O-])ccc(C)c1C. The van der Waals surface area contributed by atoms with Crippen LogP contribution in [0.15, 0.2) is 36.4 Å². The molecule has 1 amide bonds. The highest BCUT2D eigenvalue weighted by atomic mass is 16.6. The van der Waals surface area contributed by atoms with E-state index in [1.54, 1.807) is 13.0 Å². The zero-order valence-corrected chi connectivity index (χ0v) is 16.7. The number of esters is 1. The van der Waals surface area contributed by atoms with E-state index in [0.717, 1.165) is 21.6 Å². The fourth-order valence-electron chi connectivity index (χ4n) is 3.74. The smallest absolute Gasteiger partial charge is 0.365 e. The third-order valence-corrected chi connectivity index (χ3v) is 5.50. The van der Waals surface area contributed by atoms with Crippen LogP contribution in [0.25, 0.3) is 0 Å². The summed E-state index contributed by atoms with van der Waals surface area (Å²) in [6.07, 6.45) is 0.481. The summed E-state index contributed by atoms with van der Waals surface area (Å²) in [6.45, 7) is 4.06. The molecule has 3 rings (SSSR count). The van der Waals surface area contributed by atoms with E-state index < -0.39 is 11.0 Å². The number of ether oxygens (including phenoxy) is 1. The van der Waals surface area contributed by atoms with E-state index >= 15 is 0 Å². The second kappa shape index (κ2) is 8.40. The second-order valence-electron chi connectivity index (χ2n) is 7.27. The lowest BCUT2D eigenvalue weighted by Crippen LogP contribution is -3.17. The van der Waals surface area contributed by atoms with Crippen molar-refractivity contribution in [2.75, 3.05) is 19.0 Å². The van der Waals surface area contributed by atoms with Crippen LogP contribution in [-0.2, 0) is 27.3 Å². The zero-order valence-electron chi connectivity index (χ0n) is 16.7. The molecule has 0 radical (unpaired) electrons. The number of nitrogens with zero attached hydrogens (tertiary/aromatic N) is 1. The molecule has 2 aromatic carbocycles. The van der Waals surface area contributed by atoms with E-state index in [1.165, 1.54) is 13.2 Å². The molecular formula is C21H24N3O5+. The molecule has 8 nitrogen and oxygen atoms in total. The summed E-state index contributed by atoms with van der Waals surface area (Å²) in [7, 11) is 1.33. The van der Waals surface area contributed by atoms with Gasteiger partial charge in [0.2, 0.25) is 0 Å². The van der Waals surface area contributed by atoms with Crippen LogP contribution >= 0.6 is 0 Å². The molecule has 2 atom stereocenters. The maximum atomic E-state index is 12.8. The predicted octanol–water partition coefficient (Wildman–Crippen LogP) is 1.33. The van der Waals surface area contributed by atoms with Crippen LogP contribution in [0.3, 0.4) is 0 Å². The van der Waals surface area contributed by atoms with Crippen molar-refractivity contribution in [3.63, 3.8) is 0 Å². The van der Waals surface area contributed by atoms with Gasteiger partial charge in [-0.05, 0) is 30.5 Å². The molecule has 0 spiro atoms. The highest BCUT2D eigenvalue weighted by molar-refractivity contribution is 5.95. The Hall–Kier alpha value is -3.26. The van der Waals surface area contributed by atoms with E-state index in [4.69, 9.17) is 4.74 Å². The lowest BCUT2D eigenvalue weighted by atomic mass is 9.94. The number of hydrogen-bond acceptors (Lipinski definition) is 5. The number of nitro groups is 1.